The summed E-state index contributed by atoms with van der Waals surface area (Å²) in [6, 6.07) is 2.23. The second-order valence-corrected chi connectivity index (χ2v) is 5.87. The van der Waals surface area contributed by atoms with E-state index in [-0.39, 0.29) is 6.10 Å². The standard InChI is InChI=1S/C14H22OS/c1-3-10(4-2)14(15)12-6-5-7-13-11(12)8-9-16-13/h8-10,12,14-15H,3-7H2,1-2H3. The first-order valence-corrected chi connectivity index (χ1v) is 7.40. The molecule has 0 aromatic carbocycles. The average Bonchev–Trinajstić information content (AvgIpc) is 2.78. The Bertz CT molecular complexity index is 327. The van der Waals surface area contributed by atoms with Crippen LogP contribution in [0.4, 0.5) is 0 Å². The van der Waals surface area contributed by atoms with Gasteiger partial charge in [0.15, 0.2) is 0 Å². The van der Waals surface area contributed by atoms with Crippen molar-refractivity contribution in [3.05, 3.63) is 21.9 Å². The second kappa shape index (κ2) is 5.33. The van der Waals surface area contributed by atoms with Crippen molar-refractivity contribution in [2.75, 3.05) is 0 Å². The van der Waals surface area contributed by atoms with Crippen molar-refractivity contribution in [1.82, 2.24) is 0 Å². The zero-order chi connectivity index (χ0) is 11.5. The Kier molecular flexibility index (Phi) is 4.04. The molecule has 1 aliphatic carbocycles. The van der Waals surface area contributed by atoms with Crippen LogP contribution >= 0.6 is 11.3 Å². The van der Waals surface area contributed by atoms with Crippen molar-refractivity contribution in [1.29, 1.82) is 0 Å². The molecule has 1 nitrogen and oxygen atoms in total. The second-order valence-electron chi connectivity index (χ2n) is 4.87. The van der Waals surface area contributed by atoms with E-state index >= 15 is 0 Å². The third-order valence-electron chi connectivity index (χ3n) is 4.04. The number of thiophene rings is 1. The lowest BCUT2D eigenvalue weighted by Gasteiger charge is -2.31. The summed E-state index contributed by atoms with van der Waals surface area (Å²) in [6.45, 7) is 4.38. The predicted octanol–water partition coefficient (Wildman–Crippen LogP) is 3.97. The van der Waals surface area contributed by atoms with Crippen LogP contribution in [0.3, 0.4) is 0 Å². The van der Waals surface area contributed by atoms with Gasteiger partial charge in [0.1, 0.15) is 0 Å². The quantitative estimate of drug-likeness (QED) is 0.841. The third-order valence-corrected chi connectivity index (χ3v) is 5.04. The van der Waals surface area contributed by atoms with Gasteiger partial charge >= 0.3 is 0 Å². The van der Waals surface area contributed by atoms with E-state index in [1.165, 1.54) is 29.7 Å². The number of aliphatic hydroxyl groups is 1. The first-order valence-electron chi connectivity index (χ1n) is 6.52. The number of fused-ring (bicyclic) bond motifs is 1. The van der Waals surface area contributed by atoms with E-state index in [1.807, 2.05) is 11.3 Å². The van der Waals surface area contributed by atoms with E-state index in [0.29, 0.717) is 11.8 Å². The topological polar surface area (TPSA) is 20.2 Å². The van der Waals surface area contributed by atoms with Gasteiger partial charge in [-0.3, -0.25) is 0 Å². The molecule has 1 N–H and O–H groups in total. The molecule has 0 saturated heterocycles. The van der Waals surface area contributed by atoms with Crippen molar-refractivity contribution in [3.63, 3.8) is 0 Å². The highest BCUT2D eigenvalue weighted by molar-refractivity contribution is 7.10. The molecule has 0 aliphatic heterocycles. The summed E-state index contributed by atoms with van der Waals surface area (Å²) in [7, 11) is 0. The number of aryl methyl sites for hydroxylation is 1. The molecule has 1 aromatic heterocycles. The van der Waals surface area contributed by atoms with Crippen LogP contribution in [-0.4, -0.2) is 11.2 Å². The lowest BCUT2D eigenvalue weighted by atomic mass is 9.78. The van der Waals surface area contributed by atoms with E-state index < -0.39 is 0 Å². The fourth-order valence-electron chi connectivity index (χ4n) is 2.98. The molecule has 16 heavy (non-hydrogen) atoms. The molecule has 2 atom stereocenters. The first kappa shape index (κ1) is 12.1. The minimum absolute atomic E-state index is 0.136. The lowest BCUT2D eigenvalue weighted by molar-refractivity contribution is 0.0699. The molecule has 2 heteroatoms. The molecular formula is C14H22OS. The van der Waals surface area contributed by atoms with E-state index in [1.54, 1.807) is 0 Å². The highest BCUT2D eigenvalue weighted by Gasteiger charge is 2.30. The van der Waals surface area contributed by atoms with Gasteiger partial charge in [-0.1, -0.05) is 26.7 Å². The van der Waals surface area contributed by atoms with Crippen LogP contribution in [0.5, 0.6) is 0 Å². The van der Waals surface area contributed by atoms with Gasteiger partial charge in [0.25, 0.3) is 0 Å². The predicted molar refractivity (Wildman–Crippen MR) is 70.1 cm³/mol. The maximum Gasteiger partial charge on any atom is 0.0637 e. The molecule has 0 amide bonds. The zero-order valence-electron chi connectivity index (χ0n) is 10.3. The minimum atomic E-state index is -0.136. The van der Waals surface area contributed by atoms with Crippen LogP contribution in [0.2, 0.25) is 0 Å². The molecule has 2 rings (SSSR count). The summed E-state index contributed by atoms with van der Waals surface area (Å²) >= 11 is 1.86. The van der Waals surface area contributed by atoms with Gasteiger partial charge in [-0.25, -0.2) is 0 Å². The number of hydrogen-bond acceptors (Lipinski definition) is 2. The van der Waals surface area contributed by atoms with E-state index in [2.05, 4.69) is 25.3 Å². The molecule has 0 saturated carbocycles. The van der Waals surface area contributed by atoms with Gasteiger partial charge < -0.3 is 5.11 Å². The Morgan fingerprint density at radius 2 is 2.19 bits per heavy atom. The van der Waals surface area contributed by atoms with Gasteiger partial charge in [0.2, 0.25) is 0 Å². The van der Waals surface area contributed by atoms with Gasteiger partial charge in [-0.2, -0.15) is 0 Å². The van der Waals surface area contributed by atoms with Gasteiger partial charge in [0.05, 0.1) is 6.10 Å². The van der Waals surface area contributed by atoms with Gasteiger partial charge in [0, 0.05) is 10.8 Å². The Morgan fingerprint density at radius 1 is 1.44 bits per heavy atom. The smallest absolute Gasteiger partial charge is 0.0637 e. The monoisotopic (exact) mass is 238 g/mol. The van der Waals surface area contributed by atoms with E-state index in [0.717, 1.165) is 12.8 Å². The molecule has 1 aliphatic rings. The van der Waals surface area contributed by atoms with Gasteiger partial charge in [-0.05, 0) is 42.2 Å². The first-order chi connectivity index (χ1) is 7.77. The Morgan fingerprint density at radius 3 is 2.88 bits per heavy atom. The van der Waals surface area contributed by atoms with Crippen molar-refractivity contribution in [3.8, 4) is 0 Å². The molecule has 0 fully saturated rings. The Labute approximate surface area is 103 Å². The molecule has 1 aromatic rings. The van der Waals surface area contributed by atoms with E-state index in [4.69, 9.17) is 0 Å². The van der Waals surface area contributed by atoms with Crippen LogP contribution in [0, 0.1) is 5.92 Å². The maximum atomic E-state index is 10.5. The molecule has 0 radical (unpaired) electrons. The number of hydrogen-bond donors (Lipinski definition) is 1. The molecule has 2 unspecified atom stereocenters. The molecule has 0 bridgehead atoms. The number of rotatable bonds is 4. The van der Waals surface area contributed by atoms with Crippen LogP contribution < -0.4 is 0 Å². The van der Waals surface area contributed by atoms with E-state index in [9.17, 15) is 5.11 Å². The van der Waals surface area contributed by atoms with Crippen LogP contribution in [-0.2, 0) is 6.42 Å². The van der Waals surface area contributed by atoms with Crippen molar-refractivity contribution >= 4 is 11.3 Å². The molecule has 0 spiro atoms. The van der Waals surface area contributed by atoms with Gasteiger partial charge in [-0.15, -0.1) is 11.3 Å². The van der Waals surface area contributed by atoms with Crippen molar-refractivity contribution in [2.24, 2.45) is 5.92 Å². The highest BCUT2D eigenvalue weighted by atomic mass is 32.1. The van der Waals surface area contributed by atoms with Crippen LogP contribution in [0.1, 0.15) is 55.9 Å². The summed E-state index contributed by atoms with van der Waals surface area (Å²) in [5, 5.41) is 12.7. The number of aliphatic hydroxyl groups excluding tert-OH is 1. The van der Waals surface area contributed by atoms with Crippen LogP contribution in [0.25, 0.3) is 0 Å². The summed E-state index contributed by atoms with van der Waals surface area (Å²) in [5.74, 6) is 0.871. The van der Waals surface area contributed by atoms with Crippen LogP contribution in [0.15, 0.2) is 11.4 Å². The molecular weight excluding hydrogens is 216 g/mol. The molecule has 1 heterocycles. The summed E-state index contributed by atoms with van der Waals surface area (Å²) in [4.78, 5) is 1.52. The summed E-state index contributed by atoms with van der Waals surface area (Å²) < 4.78 is 0. The fraction of sp³-hybridized carbons (Fsp3) is 0.714. The summed E-state index contributed by atoms with van der Waals surface area (Å²) in [5.41, 5.74) is 1.44. The zero-order valence-corrected chi connectivity index (χ0v) is 11.1. The SMILES string of the molecule is CCC(CC)C(O)C1CCCc2sccc21. The normalized spacial score (nSPS) is 22.1. The Hall–Kier alpha value is -0.340. The highest BCUT2D eigenvalue weighted by Crippen LogP contribution is 2.39. The lowest BCUT2D eigenvalue weighted by Crippen LogP contribution is -2.29. The average molecular weight is 238 g/mol. The minimum Gasteiger partial charge on any atom is -0.392 e. The third kappa shape index (κ3) is 2.18. The Balaban J connectivity index is 2.17. The fourth-order valence-corrected chi connectivity index (χ4v) is 3.97. The van der Waals surface area contributed by atoms with Crippen molar-refractivity contribution < 1.29 is 5.11 Å². The maximum absolute atomic E-state index is 10.5. The molecule has 90 valence electrons. The van der Waals surface area contributed by atoms with Crippen molar-refractivity contribution in [2.45, 2.75) is 58.0 Å². The summed E-state index contributed by atoms with van der Waals surface area (Å²) in [6.07, 6.45) is 5.68. The largest absolute Gasteiger partial charge is 0.392 e.